The number of nitrogens with zero attached hydrogens (tertiary/aromatic N) is 1. The van der Waals surface area contributed by atoms with Crippen molar-refractivity contribution in [3.63, 3.8) is 0 Å². The van der Waals surface area contributed by atoms with Crippen molar-refractivity contribution < 1.29 is 4.92 Å². The zero-order valence-electron chi connectivity index (χ0n) is 8.70. The molecule has 1 rings (SSSR count). The summed E-state index contributed by atoms with van der Waals surface area (Å²) in [6.07, 6.45) is 2.57. The van der Waals surface area contributed by atoms with E-state index in [1.54, 1.807) is 12.1 Å². The largest absolute Gasteiger partial charge is 0.269 e. The Labute approximate surface area is 94.2 Å². The minimum atomic E-state index is -0.358. The van der Waals surface area contributed by atoms with Gasteiger partial charge in [0.25, 0.3) is 5.69 Å². The van der Waals surface area contributed by atoms with Gasteiger partial charge in [-0.05, 0) is 30.4 Å². The zero-order valence-corrected chi connectivity index (χ0v) is 9.46. The first kappa shape index (κ1) is 12.0. The van der Waals surface area contributed by atoms with Gasteiger partial charge in [-0.25, -0.2) is 0 Å². The first-order chi connectivity index (χ1) is 7.19. The van der Waals surface area contributed by atoms with Crippen LogP contribution in [0.3, 0.4) is 0 Å². The quantitative estimate of drug-likeness (QED) is 0.440. The molecule has 0 fully saturated rings. The van der Waals surface area contributed by atoms with E-state index in [0.29, 0.717) is 5.88 Å². The number of alkyl halides is 1. The number of nitro groups is 1. The normalized spacial score (nSPS) is 10.3. The molecular formula is C11H14ClNO2. The van der Waals surface area contributed by atoms with Gasteiger partial charge in [0.2, 0.25) is 0 Å². The fourth-order valence-corrected chi connectivity index (χ4v) is 1.69. The van der Waals surface area contributed by atoms with Crippen LogP contribution in [-0.4, -0.2) is 10.8 Å². The van der Waals surface area contributed by atoms with Gasteiger partial charge < -0.3 is 0 Å². The number of aryl methyl sites for hydroxylation is 2. The van der Waals surface area contributed by atoms with Crippen molar-refractivity contribution in [1.82, 2.24) is 0 Å². The van der Waals surface area contributed by atoms with Gasteiger partial charge in [-0.1, -0.05) is 13.0 Å². The molecule has 0 aliphatic heterocycles. The van der Waals surface area contributed by atoms with Gasteiger partial charge in [0.05, 0.1) is 4.92 Å². The highest BCUT2D eigenvalue weighted by molar-refractivity contribution is 6.17. The molecule has 1 aromatic carbocycles. The molecule has 3 nitrogen and oxygen atoms in total. The number of rotatable bonds is 5. The molecule has 0 radical (unpaired) electrons. The molecular weight excluding hydrogens is 214 g/mol. The molecule has 0 saturated heterocycles. The molecule has 0 aliphatic rings. The summed E-state index contributed by atoms with van der Waals surface area (Å²) in [5.74, 6) is 0.589. The Kier molecular flexibility index (Phi) is 4.56. The van der Waals surface area contributed by atoms with Crippen LogP contribution in [0.25, 0.3) is 0 Å². The van der Waals surface area contributed by atoms with Gasteiger partial charge >= 0.3 is 0 Å². The zero-order chi connectivity index (χ0) is 11.3. The summed E-state index contributed by atoms with van der Waals surface area (Å²) in [6, 6.07) is 5.05. The van der Waals surface area contributed by atoms with E-state index in [9.17, 15) is 10.1 Å². The fraction of sp³-hybridized carbons (Fsp3) is 0.455. The summed E-state index contributed by atoms with van der Waals surface area (Å²) in [7, 11) is 0. The maximum absolute atomic E-state index is 10.6. The summed E-state index contributed by atoms with van der Waals surface area (Å²) in [5, 5.41) is 10.6. The Morgan fingerprint density at radius 2 is 2.13 bits per heavy atom. The second-order valence-corrected chi connectivity index (χ2v) is 3.73. The maximum Gasteiger partial charge on any atom is 0.269 e. The van der Waals surface area contributed by atoms with Crippen LogP contribution in [0, 0.1) is 10.1 Å². The molecule has 4 heteroatoms. The summed E-state index contributed by atoms with van der Waals surface area (Å²) in [5.41, 5.74) is 2.38. The molecule has 0 N–H and O–H groups in total. The molecule has 15 heavy (non-hydrogen) atoms. The lowest BCUT2D eigenvalue weighted by Crippen LogP contribution is -1.96. The molecule has 0 saturated carbocycles. The molecule has 82 valence electrons. The van der Waals surface area contributed by atoms with Crippen LogP contribution >= 0.6 is 11.6 Å². The van der Waals surface area contributed by atoms with Gasteiger partial charge in [0.15, 0.2) is 0 Å². The highest BCUT2D eigenvalue weighted by Gasteiger charge is 2.09. The summed E-state index contributed by atoms with van der Waals surface area (Å²) < 4.78 is 0. The second-order valence-electron chi connectivity index (χ2n) is 3.36. The summed E-state index contributed by atoms with van der Waals surface area (Å²) in [6.45, 7) is 2.05. The molecule has 0 aliphatic carbocycles. The smallest absolute Gasteiger partial charge is 0.258 e. The van der Waals surface area contributed by atoms with Gasteiger partial charge in [0.1, 0.15) is 0 Å². The van der Waals surface area contributed by atoms with Gasteiger partial charge in [-0.3, -0.25) is 10.1 Å². The van der Waals surface area contributed by atoms with E-state index in [0.717, 1.165) is 24.8 Å². The minimum absolute atomic E-state index is 0.164. The topological polar surface area (TPSA) is 43.1 Å². The van der Waals surface area contributed by atoms with Crippen LogP contribution in [-0.2, 0) is 12.8 Å². The predicted octanol–water partition coefficient (Wildman–Crippen LogP) is 3.33. The Bertz CT molecular complexity index is 352. The SMILES string of the molecule is CCc1ccc([N+](=O)[O-])cc1CCCCl. The highest BCUT2D eigenvalue weighted by atomic mass is 35.5. The van der Waals surface area contributed by atoms with Crippen molar-refractivity contribution in [1.29, 1.82) is 0 Å². The fourth-order valence-electron chi connectivity index (χ4n) is 1.56. The maximum atomic E-state index is 10.6. The molecule has 0 amide bonds. The average molecular weight is 228 g/mol. The third-order valence-electron chi connectivity index (χ3n) is 2.36. The van der Waals surface area contributed by atoms with E-state index in [-0.39, 0.29) is 10.6 Å². The molecule has 0 aromatic heterocycles. The highest BCUT2D eigenvalue weighted by Crippen LogP contribution is 2.19. The first-order valence-electron chi connectivity index (χ1n) is 5.01. The van der Waals surface area contributed by atoms with E-state index in [4.69, 9.17) is 11.6 Å². The van der Waals surface area contributed by atoms with Gasteiger partial charge in [-0.2, -0.15) is 0 Å². The lowest BCUT2D eigenvalue weighted by Gasteiger charge is -2.06. The molecule has 0 heterocycles. The molecule has 0 unspecified atom stereocenters. The standard InChI is InChI=1S/C11H14ClNO2/c1-2-9-5-6-11(13(14)15)8-10(9)4-3-7-12/h5-6,8H,2-4,7H2,1H3. The van der Waals surface area contributed by atoms with Gasteiger partial charge in [-0.15, -0.1) is 11.6 Å². The minimum Gasteiger partial charge on any atom is -0.258 e. The molecule has 0 atom stereocenters. The van der Waals surface area contributed by atoms with Crippen molar-refractivity contribution in [3.05, 3.63) is 39.4 Å². The average Bonchev–Trinajstić information content (AvgIpc) is 2.25. The lowest BCUT2D eigenvalue weighted by atomic mass is 10.0. The van der Waals surface area contributed by atoms with E-state index >= 15 is 0 Å². The number of nitro benzene ring substituents is 1. The van der Waals surface area contributed by atoms with E-state index in [2.05, 4.69) is 0 Å². The van der Waals surface area contributed by atoms with Crippen LogP contribution in [0.15, 0.2) is 18.2 Å². The number of benzene rings is 1. The predicted molar refractivity (Wildman–Crippen MR) is 61.5 cm³/mol. The lowest BCUT2D eigenvalue weighted by molar-refractivity contribution is -0.384. The molecule has 1 aromatic rings. The second kappa shape index (κ2) is 5.71. The number of hydrogen-bond donors (Lipinski definition) is 0. The van der Waals surface area contributed by atoms with Crippen molar-refractivity contribution in [3.8, 4) is 0 Å². The Hall–Kier alpha value is -1.09. The summed E-state index contributed by atoms with van der Waals surface area (Å²) >= 11 is 5.62. The van der Waals surface area contributed by atoms with Crippen LogP contribution in [0.4, 0.5) is 5.69 Å². The van der Waals surface area contributed by atoms with Gasteiger partial charge in [0, 0.05) is 18.0 Å². The van der Waals surface area contributed by atoms with E-state index in [1.165, 1.54) is 5.56 Å². The third-order valence-corrected chi connectivity index (χ3v) is 2.63. The first-order valence-corrected chi connectivity index (χ1v) is 5.54. The molecule has 0 bridgehead atoms. The van der Waals surface area contributed by atoms with Crippen LogP contribution in [0.2, 0.25) is 0 Å². The van der Waals surface area contributed by atoms with Crippen molar-refractivity contribution in [2.24, 2.45) is 0 Å². The molecule has 0 spiro atoms. The third kappa shape index (κ3) is 3.20. The van der Waals surface area contributed by atoms with Crippen molar-refractivity contribution in [2.45, 2.75) is 26.2 Å². The Morgan fingerprint density at radius 1 is 1.40 bits per heavy atom. The van der Waals surface area contributed by atoms with Crippen LogP contribution < -0.4 is 0 Å². The Morgan fingerprint density at radius 3 is 2.67 bits per heavy atom. The summed E-state index contributed by atoms with van der Waals surface area (Å²) in [4.78, 5) is 10.2. The van der Waals surface area contributed by atoms with E-state index in [1.807, 2.05) is 13.0 Å². The monoisotopic (exact) mass is 227 g/mol. The van der Waals surface area contributed by atoms with Crippen molar-refractivity contribution >= 4 is 17.3 Å². The van der Waals surface area contributed by atoms with Crippen LogP contribution in [0.5, 0.6) is 0 Å². The number of halogens is 1. The van der Waals surface area contributed by atoms with Crippen LogP contribution in [0.1, 0.15) is 24.5 Å². The number of hydrogen-bond acceptors (Lipinski definition) is 2. The number of non-ortho nitro benzene ring substituents is 1. The van der Waals surface area contributed by atoms with E-state index < -0.39 is 0 Å². The Balaban J connectivity index is 2.96. The van der Waals surface area contributed by atoms with Crippen molar-refractivity contribution in [2.75, 3.05) is 5.88 Å².